The highest BCUT2D eigenvalue weighted by molar-refractivity contribution is 5.79. The van der Waals surface area contributed by atoms with Gasteiger partial charge in [-0.3, -0.25) is 9.39 Å². The van der Waals surface area contributed by atoms with E-state index >= 15 is 0 Å². The van der Waals surface area contributed by atoms with E-state index in [2.05, 4.69) is 63.9 Å². The minimum atomic E-state index is 0.396. The van der Waals surface area contributed by atoms with Crippen LogP contribution in [0.1, 0.15) is 29.8 Å². The molecule has 6 nitrogen and oxygen atoms in total. The Morgan fingerprint density at radius 3 is 2.68 bits per heavy atom. The lowest BCUT2D eigenvalue weighted by atomic mass is 10.0. The summed E-state index contributed by atoms with van der Waals surface area (Å²) in [5, 5.41) is 15.0. The van der Waals surface area contributed by atoms with Crippen LogP contribution in [0.5, 0.6) is 0 Å². The molecule has 2 heterocycles. The van der Waals surface area contributed by atoms with E-state index in [1.54, 1.807) is 7.05 Å². The number of fused-ring (bicyclic) bond motifs is 1. The zero-order valence-corrected chi connectivity index (χ0v) is 14.9. The average molecular weight is 336 g/mol. The molecule has 0 saturated heterocycles. The van der Waals surface area contributed by atoms with Crippen LogP contribution in [0.15, 0.2) is 53.7 Å². The van der Waals surface area contributed by atoms with E-state index in [4.69, 9.17) is 0 Å². The molecule has 130 valence electrons. The maximum atomic E-state index is 4.28. The molecule has 0 aliphatic carbocycles. The van der Waals surface area contributed by atoms with Gasteiger partial charge in [0.15, 0.2) is 17.4 Å². The van der Waals surface area contributed by atoms with Gasteiger partial charge in [-0.2, -0.15) is 0 Å². The van der Waals surface area contributed by atoms with Gasteiger partial charge in [-0.25, -0.2) is 0 Å². The molecule has 3 aromatic rings. The van der Waals surface area contributed by atoms with Crippen LogP contribution in [0.3, 0.4) is 0 Å². The largest absolute Gasteiger partial charge is 0.356 e. The van der Waals surface area contributed by atoms with E-state index in [-0.39, 0.29) is 0 Å². The summed E-state index contributed by atoms with van der Waals surface area (Å²) in [6.07, 6.45) is 1.96. The Hall–Kier alpha value is -2.89. The summed E-state index contributed by atoms with van der Waals surface area (Å²) in [6.45, 7) is 5.68. The van der Waals surface area contributed by atoms with Gasteiger partial charge in [0.1, 0.15) is 0 Å². The Balaban J connectivity index is 1.55. The lowest BCUT2D eigenvalue weighted by molar-refractivity contribution is 0.691. The van der Waals surface area contributed by atoms with E-state index in [9.17, 15) is 0 Å². The van der Waals surface area contributed by atoms with Crippen molar-refractivity contribution >= 4 is 11.6 Å². The Labute approximate surface area is 148 Å². The van der Waals surface area contributed by atoms with Crippen molar-refractivity contribution < 1.29 is 0 Å². The van der Waals surface area contributed by atoms with Crippen molar-refractivity contribution in [2.45, 2.75) is 26.3 Å². The Morgan fingerprint density at radius 2 is 1.92 bits per heavy atom. The average Bonchev–Trinajstić information content (AvgIpc) is 3.05. The van der Waals surface area contributed by atoms with Gasteiger partial charge in [0, 0.05) is 19.8 Å². The first kappa shape index (κ1) is 17.0. The van der Waals surface area contributed by atoms with E-state index in [1.165, 1.54) is 11.1 Å². The molecule has 1 atom stereocenters. The summed E-state index contributed by atoms with van der Waals surface area (Å²) in [5.41, 5.74) is 3.44. The number of guanidine groups is 1. The molecular weight excluding hydrogens is 312 g/mol. The van der Waals surface area contributed by atoms with Crippen molar-refractivity contribution in [3.8, 4) is 0 Å². The highest BCUT2D eigenvalue weighted by atomic mass is 15.3. The Morgan fingerprint density at radius 1 is 1.12 bits per heavy atom. The zero-order valence-electron chi connectivity index (χ0n) is 14.9. The lowest BCUT2D eigenvalue weighted by Gasteiger charge is -2.16. The number of aliphatic imine (C=N–C) groups is 1. The topological polar surface area (TPSA) is 66.6 Å². The van der Waals surface area contributed by atoms with Gasteiger partial charge in [-0.1, -0.05) is 42.8 Å². The lowest BCUT2D eigenvalue weighted by Crippen LogP contribution is -2.39. The van der Waals surface area contributed by atoms with E-state index in [1.807, 2.05) is 28.8 Å². The zero-order chi connectivity index (χ0) is 17.6. The Kier molecular flexibility index (Phi) is 5.28. The van der Waals surface area contributed by atoms with E-state index in [0.717, 1.165) is 24.0 Å². The number of hydrogen-bond donors (Lipinski definition) is 2. The minimum absolute atomic E-state index is 0.396. The van der Waals surface area contributed by atoms with Crippen molar-refractivity contribution in [2.24, 2.45) is 4.99 Å². The normalized spacial score (nSPS) is 13.0. The van der Waals surface area contributed by atoms with Crippen LogP contribution in [0.2, 0.25) is 0 Å². The van der Waals surface area contributed by atoms with Crippen LogP contribution in [-0.2, 0) is 6.54 Å². The van der Waals surface area contributed by atoms with Crippen molar-refractivity contribution in [1.29, 1.82) is 0 Å². The fourth-order valence-corrected chi connectivity index (χ4v) is 2.66. The first-order valence-corrected chi connectivity index (χ1v) is 8.47. The number of benzene rings is 1. The standard InChI is InChI=1S/C19H24N6/c1-14-7-9-16(10-8-14)15(2)12-21-19(20-3)22-13-18-24-23-17-6-4-5-11-25(17)18/h4-11,15H,12-13H2,1-3H3,(H2,20,21,22). The van der Waals surface area contributed by atoms with Crippen LogP contribution < -0.4 is 10.6 Å². The summed E-state index contributed by atoms with van der Waals surface area (Å²) in [7, 11) is 1.77. The third-order valence-corrected chi connectivity index (χ3v) is 4.24. The summed E-state index contributed by atoms with van der Waals surface area (Å²) in [5.74, 6) is 2.00. The molecule has 0 radical (unpaired) electrons. The molecule has 6 heteroatoms. The molecule has 0 saturated carbocycles. The van der Waals surface area contributed by atoms with Gasteiger partial charge in [0.05, 0.1) is 6.54 Å². The first-order chi connectivity index (χ1) is 12.2. The number of nitrogens with zero attached hydrogens (tertiary/aromatic N) is 4. The van der Waals surface area contributed by atoms with Crippen LogP contribution >= 0.6 is 0 Å². The molecule has 0 amide bonds. The fourth-order valence-electron chi connectivity index (χ4n) is 2.66. The maximum Gasteiger partial charge on any atom is 0.191 e. The molecule has 25 heavy (non-hydrogen) atoms. The summed E-state index contributed by atoms with van der Waals surface area (Å²) >= 11 is 0. The van der Waals surface area contributed by atoms with Crippen molar-refractivity contribution in [3.63, 3.8) is 0 Å². The number of nitrogens with one attached hydrogen (secondary N) is 2. The molecule has 0 fully saturated rings. The molecule has 0 aliphatic heterocycles. The number of rotatable bonds is 5. The van der Waals surface area contributed by atoms with Crippen LogP contribution in [0.4, 0.5) is 0 Å². The fraction of sp³-hybridized carbons (Fsp3) is 0.316. The summed E-state index contributed by atoms with van der Waals surface area (Å²) in [4.78, 5) is 4.28. The van der Waals surface area contributed by atoms with E-state index in [0.29, 0.717) is 12.5 Å². The SMILES string of the molecule is CN=C(NCc1nnc2ccccn12)NCC(C)c1ccc(C)cc1. The second-order valence-electron chi connectivity index (χ2n) is 6.16. The second-order valence-corrected chi connectivity index (χ2v) is 6.16. The quantitative estimate of drug-likeness (QED) is 0.555. The summed E-state index contributed by atoms with van der Waals surface area (Å²) in [6, 6.07) is 14.5. The third kappa shape index (κ3) is 4.15. The van der Waals surface area contributed by atoms with Crippen molar-refractivity contribution in [3.05, 3.63) is 65.6 Å². The smallest absolute Gasteiger partial charge is 0.191 e. The molecule has 2 aromatic heterocycles. The van der Waals surface area contributed by atoms with Crippen LogP contribution in [0.25, 0.3) is 5.65 Å². The molecule has 2 N–H and O–H groups in total. The van der Waals surface area contributed by atoms with Gasteiger partial charge < -0.3 is 10.6 Å². The summed E-state index contributed by atoms with van der Waals surface area (Å²) < 4.78 is 1.97. The highest BCUT2D eigenvalue weighted by Crippen LogP contribution is 2.14. The molecule has 1 unspecified atom stereocenters. The monoisotopic (exact) mass is 336 g/mol. The van der Waals surface area contributed by atoms with Gasteiger partial charge in [0.25, 0.3) is 0 Å². The number of hydrogen-bond acceptors (Lipinski definition) is 3. The number of aromatic nitrogens is 3. The van der Waals surface area contributed by atoms with Gasteiger partial charge in [-0.05, 0) is 30.5 Å². The van der Waals surface area contributed by atoms with Crippen LogP contribution in [0, 0.1) is 6.92 Å². The molecule has 0 spiro atoms. The van der Waals surface area contributed by atoms with Crippen molar-refractivity contribution in [1.82, 2.24) is 25.2 Å². The van der Waals surface area contributed by atoms with Gasteiger partial charge in [0.2, 0.25) is 0 Å². The number of pyridine rings is 1. The predicted molar refractivity (Wildman–Crippen MR) is 101 cm³/mol. The Bertz CT molecular complexity index is 850. The molecule has 3 rings (SSSR count). The molecule has 0 bridgehead atoms. The van der Waals surface area contributed by atoms with Crippen LogP contribution in [-0.4, -0.2) is 34.2 Å². The highest BCUT2D eigenvalue weighted by Gasteiger charge is 2.08. The molecular formula is C19H24N6. The van der Waals surface area contributed by atoms with Gasteiger partial charge in [-0.15, -0.1) is 10.2 Å². The predicted octanol–water partition coefficient (Wildman–Crippen LogP) is 2.51. The third-order valence-electron chi connectivity index (χ3n) is 4.24. The minimum Gasteiger partial charge on any atom is -0.356 e. The van der Waals surface area contributed by atoms with E-state index < -0.39 is 0 Å². The first-order valence-electron chi connectivity index (χ1n) is 8.47. The number of aryl methyl sites for hydroxylation is 1. The molecule has 0 aliphatic rings. The maximum absolute atomic E-state index is 4.28. The second kappa shape index (κ2) is 7.79. The molecule has 1 aromatic carbocycles. The van der Waals surface area contributed by atoms with Crippen molar-refractivity contribution in [2.75, 3.05) is 13.6 Å². The van der Waals surface area contributed by atoms with Gasteiger partial charge >= 0.3 is 0 Å².